The SMILES string of the molecule is O=C(NC1CCCC1)C1CC(=O)N(c2cc(Cl)cc(Cl)c2)C1. The Bertz CT molecular complexity index is 580. The lowest BCUT2D eigenvalue weighted by molar-refractivity contribution is -0.126. The molecule has 6 heteroatoms. The van der Waals surface area contributed by atoms with Gasteiger partial charge in [-0.2, -0.15) is 0 Å². The first-order valence-electron chi connectivity index (χ1n) is 7.60. The number of amides is 2. The molecule has 0 radical (unpaired) electrons. The quantitative estimate of drug-likeness (QED) is 0.916. The van der Waals surface area contributed by atoms with Gasteiger partial charge < -0.3 is 10.2 Å². The number of carbonyl (C=O) groups is 2. The van der Waals surface area contributed by atoms with Crippen LogP contribution in [0.2, 0.25) is 10.0 Å². The highest BCUT2D eigenvalue weighted by Crippen LogP contribution is 2.30. The van der Waals surface area contributed by atoms with Crippen molar-refractivity contribution in [1.82, 2.24) is 5.32 Å². The fourth-order valence-electron chi connectivity index (χ4n) is 3.22. The van der Waals surface area contributed by atoms with Crippen LogP contribution in [0.15, 0.2) is 18.2 Å². The zero-order valence-corrected chi connectivity index (χ0v) is 13.7. The van der Waals surface area contributed by atoms with Crippen molar-refractivity contribution in [3.05, 3.63) is 28.2 Å². The van der Waals surface area contributed by atoms with E-state index >= 15 is 0 Å². The van der Waals surface area contributed by atoms with E-state index in [4.69, 9.17) is 23.2 Å². The lowest BCUT2D eigenvalue weighted by Gasteiger charge is -2.18. The Morgan fingerprint density at radius 1 is 1.14 bits per heavy atom. The summed E-state index contributed by atoms with van der Waals surface area (Å²) in [5.41, 5.74) is 0.652. The number of halogens is 2. The predicted octanol–water partition coefficient (Wildman–Crippen LogP) is 3.41. The van der Waals surface area contributed by atoms with Crippen molar-refractivity contribution in [2.75, 3.05) is 11.4 Å². The van der Waals surface area contributed by atoms with Crippen LogP contribution in [0.4, 0.5) is 5.69 Å². The smallest absolute Gasteiger partial charge is 0.227 e. The molecule has 1 saturated heterocycles. The molecule has 1 aliphatic heterocycles. The third-order valence-corrected chi connectivity index (χ3v) is 4.79. The van der Waals surface area contributed by atoms with Crippen molar-refractivity contribution in [3.63, 3.8) is 0 Å². The second-order valence-corrected chi connectivity index (χ2v) is 6.90. The van der Waals surface area contributed by atoms with Gasteiger partial charge in [-0.15, -0.1) is 0 Å². The average molecular weight is 341 g/mol. The minimum atomic E-state index is -0.300. The Kier molecular flexibility index (Phi) is 4.59. The Hall–Kier alpha value is -1.26. The summed E-state index contributed by atoms with van der Waals surface area (Å²) in [5, 5.41) is 4.03. The van der Waals surface area contributed by atoms with Gasteiger partial charge >= 0.3 is 0 Å². The van der Waals surface area contributed by atoms with Crippen molar-refractivity contribution in [2.45, 2.75) is 38.1 Å². The third-order valence-electron chi connectivity index (χ3n) is 4.36. The normalized spacial score (nSPS) is 22.4. The number of carbonyl (C=O) groups excluding carboxylic acids is 2. The Labute approximate surface area is 139 Å². The average Bonchev–Trinajstić information content (AvgIpc) is 3.07. The minimum absolute atomic E-state index is 0.0177. The van der Waals surface area contributed by atoms with Gasteiger partial charge in [0.2, 0.25) is 11.8 Å². The van der Waals surface area contributed by atoms with Gasteiger partial charge in [-0.25, -0.2) is 0 Å². The number of nitrogens with zero attached hydrogens (tertiary/aromatic N) is 1. The second kappa shape index (κ2) is 6.47. The van der Waals surface area contributed by atoms with Crippen LogP contribution in [0.3, 0.4) is 0 Å². The van der Waals surface area contributed by atoms with Gasteiger partial charge in [0.15, 0.2) is 0 Å². The summed E-state index contributed by atoms with van der Waals surface area (Å²) in [6.07, 6.45) is 4.66. The molecule has 22 heavy (non-hydrogen) atoms. The van der Waals surface area contributed by atoms with Crippen molar-refractivity contribution in [2.24, 2.45) is 5.92 Å². The summed E-state index contributed by atoms with van der Waals surface area (Å²) in [6.45, 7) is 0.383. The number of nitrogens with one attached hydrogen (secondary N) is 1. The lowest BCUT2D eigenvalue weighted by Crippen LogP contribution is -2.38. The van der Waals surface area contributed by atoms with E-state index in [0.717, 1.165) is 12.8 Å². The Morgan fingerprint density at radius 3 is 2.41 bits per heavy atom. The predicted molar refractivity (Wildman–Crippen MR) is 87.3 cm³/mol. The zero-order chi connectivity index (χ0) is 15.7. The van der Waals surface area contributed by atoms with Crippen LogP contribution in [0.5, 0.6) is 0 Å². The highest BCUT2D eigenvalue weighted by Gasteiger charge is 2.36. The van der Waals surface area contributed by atoms with Crippen molar-refractivity contribution in [3.8, 4) is 0 Å². The lowest BCUT2D eigenvalue weighted by atomic mass is 10.1. The summed E-state index contributed by atoms with van der Waals surface area (Å²) in [5.74, 6) is -0.383. The summed E-state index contributed by atoms with van der Waals surface area (Å²) in [4.78, 5) is 26.1. The molecule has 1 aliphatic carbocycles. The van der Waals surface area contributed by atoms with Crippen LogP contribution >= 0.6 is 23.2 Å². The van der Waals surface area contributed by atoms with Crippen LogP contribution < -0.4 is 10.2 Å². The molecular formula is C16H18Cl2N2O2. The Balaban J connectivity index is 1.68. The fraction of sp³-hybridized carbons (Fsp3) is 0.500. The van der Waals surface area contributed by atoms with Gasteiger partial charge in [0.1, 0.15) is 0 Å². The summed E-state index contributed by atoms with van der Waals surface area (Å²) in [6, 6.07) is 5.29. The zero-order valence-electron chi connectivity index (χ0n) is 12.1. The summed E-state index contributed by atoms with van der Waals surface area (Å²) < 4.78 is 0. The molecule has 1 aromatic carbocycles. The molecule has 1 unspecified atom stereocenters. The summed E-state index contributed by atoms with van der Waals surface area (Å²) in [7, 11) is 0. The van der Waals surface area contributed by atoms with E-state index in [-0.39, 0.29) is 30.2 Å². The van der Waals surface area contributed by atoms with Crippen LogP contribution in [-0.4, -0.2) is 24.4 Å². The highest BCUT2D eigenvalue weighted by molar-refractivity contribution is 6.35. The molecular weight excluding hydrogens is 323 g/mol. The molecule has 2 amide bonds. The maximum absolute atomic E-state index is 12.3. The van der Waals surface area contributed by atoms with Gasteiger partial charge in [-0.3, -0.25) is 9.59 Å². The van der Waals surface area contributed by atoms with E-state index in [1.807, 2.05) is 0 Å². The van der Waals surface area contributed by atoms with E-state index < -0.39 is 0 Å². The van der Waals surface area contributed by atoms with E-state index in [1.165, 1.54) is 12.8 Å². The topological polar surface area (TPSA) is 49.4 Å². The van der Waals surface area contributed by atoms with Crippen molar-refractivity contribution >= 4 is 40.7 Å². The molecule has 2 fully saturated rings. The standard InChI is InChI=1S/C16H18Cl2N2O2/c17-11-6-12(18)8-14(7-11)20-9-10(5-15(20)21)16(22)19-13-3-1-2-4-13/h6-8,10,13H,1-5,9H2,(H,19,22). The highest BCUT2D eigenvalue weighted by atomic mass is 35.5. The third kappa shape index (κ3) is 3.39. The first-order valence-corrected chi connectivity index (χ1v) is 8.35. The van der Waals surface area contributed by atoms with Gasteiger partial charge in [0, 0.05) is 34.7 Å². The molecule has 4 nitrogen and oxygen atoms in total. The van der Waals surface area contributed by atoms with Crippen LogP contribution in [0.25, 0.3) is 0 Å². The van der Waals surface area contributed by atoms with Gasteiger partial charge in [0.25, 0.3) is 0 Å². The van der Waals surface area contributed by atoms with Gasteiger partial charge in [-0.1, -0.05) is 36.0 Å². The molecule has 0 aromatic heterocycles. The maximum atomic E-state index is 12.3. The molecule has 0 bridgehead atoms. The van der Waals surface area contributed by atoms with Crippen LogP contribution in [0, 0.1) is 5.92 Å². The molecule has 1 saturated carbocycles. The maximum Gasteiger partial charge on any atom is 0.227 e. The number of hydrogen-bond acceptors (Lipinski definition) is 2. The summed E-state index contributed by atoms with van der Waals surface area (Å²) >= 11 is 12.0. The molecule has 1 aromatic rings. The van der Waals surface area contributed by atoms with E-state index in [1.54, 1.807) is 23.1 Å². The molecule has 3 rings (SSSR count). The van der Waals surface area contributed by atoms with E-state index in [0.29, 0.717) is 22.3 Å². The van der Waals surface area contributed by atoms with Gasteiger partial charge in [0.05, 0.1) is 5.92 Å². The molecule has 1 heterocycles. The largest absolute Gasteiger partial charge is 0.353 e. The number of rotatable bonds is 3. The second-order valence-electron chi connectivity index (χ2n) is 6.02. The van der Waals surface area contributed by atoms with E-state index in [2.05, 4.69) is 5.32 Å². The molecule has 2 aliphatic rings. The molecule has 118 valence electrons. The first-order chi connectivity index (χ1) is 10.5. The fourth-order valence-corrected chi connectivity index (χ4v) is 3.73. The van der Waals surface area contributed by atoms with Crippen molar-refractivity contribution in [1.29, 1.82) is 0 Å². The van der Waals surface area contributed by atoms with Crippen molar-refractivity contribution < 1.29 is 9.59 Å². The minimum Gasteiger partial charge on any atom is -0.353 e. The van der Waals surface area contributed by atoms with Gasteiger partial charge in [-0.05, 0) is 31.0 Å². The number of anilines is 1. The number of hydrogen-bond donors (Lipinski definition) is 1. The molecule has 1 atom stereocenters. The van der Waals surface area contributed by atoms with Crippen LogP contribution in [0.1, 0.15) is 32.1 Å². The first kappa shape index (κ1) is 15.6. The monoisotopic (exact) mass is 340 g/mol. The molecule has 1 N–H and O–H groups in total. The number of benzene rings is 1. The van der Waals surface area contributed by atoms with E-state index in [9.17, 15) is 9.59 Å². The van der Waals surface area contributed by atoms with Crippen LogP contribution in [-0.2, 0) is 9.59 Å². The Morgan fingerprint density at radius 2 is 1.77 bits per heavy atom. The molecule has 0 spiro atoms.